The summed E-state index contributed by atoms with van der Waals surface area (Å²) in [5, 5.41) is 12.9. The number of benzene rings is 2. The number of nitrogens with one attached hydrogen (secondary N) is 1. The van der Waals surface area contributed by atoms with Crippen molar-refractivity contribution in [1.29, 1.82) is 0 Å². The van der Waals surface area contributed by atoms with Gasteiger partial charge in [0.1, 0.15) is 0 Å². The van der Waals surface area contributed by atoms with Gasteiger partial charge >= 0.3 is 0 Å². The molecule has 3 nitrogen and oxygen atoms in total. The molecule has 2 N–H and O–H groups in total. The van der Waals surface area contributed by atoms with Crippen LogP contribution in [-0.4, -0.2) is 23.7 Å². The fourth-order valence-electron chi connectivity index (χ4n) is 2.71. The van der Waals surface area contributed by atoms with Gasteiger partial charge in [-0.3, -0.25) is 4.79 Å². The molecule has 2 atom stereocenters. The third-order valence-corrected chi connectivity index (χ3v) is 4.04. The normalized spacial score (nSPS) is 13.3. The van der Waals surface area contributed by atoms with E-state index in [0.29, 0.717) is 19.4 Å². The average Bonchev–Trinajstić information content (AvgIpc) is 2.59. The molecule has 0 radical (unpaired) electrons. The maximum absolute atomic E-state index is 12.1. The Morgan fingerprint density at radius 3 is 2.26 bits per heavy atom. The van der Waals surface area contributed by atoms with Crippen LogP contribution in [0.2, 0.25) is 0 Å². The quantitative estimate of drug-likeness (QED) is 0.786. The molecule has 3 heteroatoms. The smallest absolute Gasteiger partial charge is 0.220 e. The van der Waals surface area contributed by atoms with E-state index in [4.69, 9.17) is 0 Å². The van der Waals surface area contributed by atoms with Crippen molar-refractivity contribution in [2.45, 2.75) is 38.2 Å². The molecule has 2 aromatic rings. The van der Waals surface area contributed by atoms with Gasteiger partial charge in [0.15, 0.2) is 0 Å². The van der Waals surface area contributed by atoms with Crippen molar-refractivity contribution in [2.24, 2.45) is 0 Å². The summed E-state index contributed by atoms with van der Waals surface area (Å²) in [4.78, 5) is 12.1. The highest BCUT2D eigenvalue weighted by atomic mass is 16.3. The number of carbonyl (C=O) groups excluding carboxylic acids is 1. The van der Waals surface area contributed by atoms with Crippen LogP contribution in [0.4, 0.5) is 0 Å². The van der Waals surface area contributed by atoms with E-state index in [1.54, 1.807) is 0 Å². The molecule has 0 spiro atoms. The highest BCUT2D eigenvalue weighted by Crippen LogP contribution is 2.22. The van der Waals surface area contributed by atoms with E-state index in [1.165, 1.54) is 5.56 Å². The largest absolute Gasteiger partial charge is 0.391 e. The van der Waals surface area contributed by atoms with Gasteiger partial charge in [-0.05, 0) is 23.5 Å². The average molecular weight is 311 g/mol. The first kappa shape index (κ1) is 17.2. The fourth-order valence-corrected chi connectivity index (χ4v) is 2.71. The molecule has 2 aromatic carbocycles. The zero-order valence-electron chi connectivity index (χ0n) is 13.6. The lowest BCUT2D eigenvalue weighted by Gasteiger charge is -2.16. The summed E-state index contributed by atoms with van der Waals surface area (Å²) in [5.74, 6) is 0.218. The van der Waals surface area contributed by atoms with E-state index in [-0.39, 0.29) is 11.8 Å². The first-order valence-corrected chi connectivity index (χ1v) is 8.22. The van der Waals surface area contributed by atoms with Crippen molar-refractivity contribution < 1.29 is 9.90 Å². The molecule has 0 aliphatic rings. The number of aliphatic hydroxyl groups excluding tert-OH is 1. The number of aliphatic hydroxyl groups is 1. The predicted molar refractivity (Wildman–Crippen MR) is 93.3 cm³/mol. The summed E-state index contributed by atoms with van der Waals surface area (Å²) in [6, 6.07) is 19.9. The van der Waals surface area contributed by atoms with Gasteiger partial charge in [-0.1, -0.05) is 67.6 Å². The van der Waals surface area contributed by atoms with Crippen molar-refractivity contribution in [3.05, 3.63) is 71.8 Å². The summed E-state index contributed by atoms with van der Waals surface area (Å²) >= 11 is 0. The van der Waals surface area contributed by atoms with E-state index in [9.17, 15) is 9.90 Å². The Balaban J connectivity index is 1.78. The summed E-state index contributed by atoms with van der Waals surface area (Å²) in [6.07, 6.45) is 1.37. The second-order valence-electron chi connectivity index (χ2n) is 5.87. The van der Waals surface area contributed by atoms with Crippen molar-refractivity contribution in [3.8, 4) is 0 Å². The third kappa shape index (κ3) is 5.87. The molecule has 0 aliphatic carbocycles. The van der Waals surface area contributed by atoms with Gasteiger partial charge in [0, 0.05) is 19.4 Å². The lowest BCUT2D eigenvalue weighted by atomic mass is 9.93. The van der Waals surface area contributed by atoms with Crippen LogP contribution in [0.25, 0.3) is 0 Å². The Kier molecular flexibility index (Phi) is 6.82. The maximum atomic E-state index is 12.1. The van der Waals surface area contributed by atoms with Crippen LogP contribution in [0, 0.1) is 0 Å². The van der Waals surface area contributed by atoms with Gasteiger partial charge in [0.2, 0.25) is 5.91 Å². The molecule has 0 aliphatic heterocycles. The van der Waals surface area contributed by atoms with E-state index in [2.05, 4.69) is 24.4 Å². The van der Waals surface area contributed by atoms with Crippen molar-refractivity contribution in [2.75, 3.05) is 6.54 Å². The topological polar surface area (TPSA) is 49.3 Å². The standard InChI is InChI=1S/C20H25NO2/c1-2-17(18-11-7-4-8-12-18)14-20(23)21-15-19(22)13-16-9-5-3-6-10-16/h3-12,17,19,22H,2,13-15H2,1H3,(H,21,23). The van der Waals surface area contributed by atoms with Crippen LogP contribution in [0.1, 0.15) is 36.8 Å². The Labute approximate surface area is 138 Å². The SMILES string of the molecule is CCC(CC(=O)NCC(O)Cc1ccccc1)c1ccccc1. The van der Waals surface area contributed by atoms with Crippen LogP contribution in [0.3, 0.4) is 0 Å². The molecule has 0 saturated carbocycles. The van der Waals surface area contributed by atoms with E-state index < -0.39 is 6.10 Å². The second-order valence-corrected chi connectivity index (χ2v) is 5.87. The van der Waals surface area contributed by atoms with Gasteiger partial charge in [-0.15, -0.1) is 0 Å². The molecule has 2 rings (SSSR count). The lowest BCUT2D eigenvalue weighted by Crippen LogP contribution is -2.33. The minimum Gasteiger partial charge on any atom is -0.391 e. The van der Waals surface area contributed by atoms with Crippen LogP contribution in [0.5, 0.6) is 0 Å². The Morgan fingerprint density at radius 2 is 1.65 bits per heavy atom. The number of carbonyl (C=O) groups is 1. The highest BCUT2D eigenvalue weighted by Gasteiger charge is 2.15. The summed E-state index contributed by atoms with van der Waals surface area (Å²) < 4.78 is 0. The third-order valence-electron chi connectivity index (χ3n) is 4.04. The summed E-state index contributed by atoms with van der Waals surface area (Å²) in [6.45, 7) is 2.38. The van der Waals surface area contributed by atoms with Crippen LogP contribution in [0.15, 0.2) is 60.7 Å². The Bertz CT molecular complexity index is 583. The van der Waals surface area contributed by atoms with E-state index in [0.717, 1.165) is 12.0 Å². The zero-order chi connectivity index (χ0) is 16.5. The van der Waals surface area contributed by atoms with Crippen LogP contribution < -0.4 is 5.32 Å². The minimum absolute atomic E-state index is 0.00665. The molecule has 2 unspecified atom stereocenters. The second kappa shape index (κ2) is 9.11. The van der Waals surface area contributed by atoms with Crippen molar-refractivity contribution in [3.63, 3.8) is 0 Å². The van der Waals surface area contributed by atoms with Gasteiger partial charge in [-0.2, -0.15) is 0 Å². The van der Waals surface area contributed by atoms with Gasteiger partial charge < -0.3 is 10.4 Å². The van der Waals surface area contributed by atoms with Crippen LogP contribution in [-0.2, 0) is 11.2 Å². The number of amides is 1. The highest BCUT2D eigenvalue weighted by molar-refractivity contribution is 5.76. The Morgan fingerprint density at radius 1 is 1.04 bits per heavy atom. The molecule has 1 amide bonds. The first-order valence-electron chi connectivity index (χ1n) is 8.22. The predicted octanol–water partition coefficient (Wildman–Crippen LogP) is 3.29. The molecule has 0 bridgehead atoms. The molecule has 0 fully saturated rings. The molecular weight excluding hydrogens is 286 g/mol. The Hall–Kier alpha value is -2.13. The van der Waals surface area contributed by atoms with Crippen molar-refractivity contribution in [1.82, 2.24) is 5.32 Å². The lowest BCUT2D eigenvalue weighted by molar-refractivity contribution is -0.122. The summed E-state index contributed by atoms with van der Waals surface area (Å²) in [7, 11) is 0. The minimum atomic E-state index is -0.557. The molecule has 122 valence electrons. The number of hydrogen-bond acceptors (Lipinski definition) is 2. The van der Waals surface area contributed by atoms with Gasteiger partial charge in [0.25, 0.3) is 0 Å². The first-order chi connectivity index (χ1) is 11.2. The maximum Gasteiger partial charge on any atom is 0.220 e. The zero-order valence-corrected chi connectivity index (χ0v) is 13.6. The molecule has 0 saturated heterocycles. The van der Waals surface area contributed by atoms with Gasteiger partial charge in [0.05, 0.1) is 6.10 Å². The summed E-state index contributed by atoms with van der Waals surface area (Å²) in [5.41, 5.74) is 2.26. The number of hydrogen-bond donors (Lipinski definition) is 2. The monoisotopic (exact) mass is 311 g/mol. The number of rotatable bonds is 8. The van der Waals surface area contributed by atoms with E-state index >= 15 is 0 Å². The molecule has 0 aromatic heterocycles. The van der Waals surface area contributed by atoms with Crippen LogP contribution >= 0.6 is 0 Å². The molecule has 0 heterocycles. The molecular formula is C20H25NO2. The molecule has 23 heavy (non-hydrogen) atoms. The van der Waals surface area contributed by atoms with Gasteiger partial charge in [-0.25, -0.2) is 0 Å². The fraction of sp³-hybridized carbons (Fsp3) is 0.350. The van der Waals surface area contributed by atoms with E-state index in [1.807, 2.05) is 48.5 Å². The van der Waals surface area contributed by atoms with Crippen molar-refractivity contribution >= 4 is 5.91 Å².